The van der Waals surface area contributed by atoms with E-state index in [1.165, 1.54) is 51.4 Å². The number of methoxy groups -OCH3 is 1. The van der Waals surface area contributed by atoms with Crippen LogP contribution in [-0.4, -0.2) is 18.8 Å². The summed E-state index contributed by atoms with van der Waals surface area (Å²) in [6.07, 6.45) is 10.3. The minimum atomic E-state index is 0.0366. The van der Waals surface area contributed by atoms with E-state index in [4.69, 9.17) is 10.5 Å². The Labute approximate surface area is 87.2 Å². The maximum atomic E-state index is 6.28. The summed E-state index contributed by atoms with van der Waals surface area (Å²) in [6, 6.07) is 0.274. The molecule has 0 spiro atoms. The third-order valence-electron chi connectivity index (χ3n) is 4.12. The van der Waals surface area contributed by atoms with Gasteiger partial charge in [0, 0.05) is 13.2 Å². The van der Waals surface area contributed by atoms with Crippen molar-refractivity contribution in [2.24, 2.45) is 11.7 Å². The molecular weight excluding hydrogens is 174 g/mol. The molecule has 0 saturated heterocycles. The zero-order valence-electron chi connectivity index (χ0n) is 9.30. The fourth-order valence-corrected chi connectivity index (χ4v) is 2.78. The van der Waals surface area contributed by atoms with Gasteiger partial charge in [0.15, 0.2) is 0 Å². The normalized spacial score (nSPS) is 27.9. The topological polar surface area (TPSA) is 35.2 Å². The highest BCUT2D eigenvalue weighted by molar-refractivity contribution is 4.95. The van der Waals surface area contributed by atoms with Crippen LogP contribution in [0.25, 0.3) is 0 Å². The summed E-state index contributed by atoms with van der Waals surface area (Å²) in [4.78, 5) is 0. The lowest BCUT2D eigenvalue weighted by Crippen LogP contribution is -2.47. The Balaban J connectivity index is 1.82. The Morgan fingerprint density at radius 1 is 1.36 bits per heavy atom. The van der Waals surface area contributed by atoms with Gasteiger partial charge in [0.25, 0.3) is 0 Å². The molecule has 0 bridgehead atoms. The second-order valence-corrected chi connectivity index (χ2v) is 5.10. The van der Waals surface area contributed by atoms with Crippen LogP contribution in [0.3, 0.4) is 0 Å². The average Bonchev–Trinajstić information content (AvgIpc) is 2.90. The van der Waals surface area contributed by atoms with E-state index in [1.807, 2.05) is 7.11 Å². The molecular formula is C12H23NO. The molecule has 0 aromatic rings. The fourth-order valence-electron chi connectivity index (χ4n) is 2.78. The molecule has 2 saturated carbocycles. The van der Waals surface area contributed by atoms with Crippen molar-refractivity contribution in [2.75, 3.05) is 7.11 Å². The van der Waals surface area contributed by atoms with Crippen molar-refractivity contribution in [3.63, 3.8) is 0 Å². The van der Waals surface area contributed by atoms with Crippen LogP contribution in [0, 0.1) is 5.92 Å². The molecule has 0 heterocycles. The highest BCUT2D eigenvalue weighted by Crippen LogP contribution is 2.39. The second kappa shape index (κ2) is 4.19. The molecule has 2 rings (SSSR count). The summed E-state index contributed by atoms with van der Waals surface area (Å²) in [5.41, 5.74) is 6.31. The molecule has 2 fully saturated rings. The molecule has 0 aliphatic heterocycles. The lowest BCUT2D eigenvalue weighted by atomic mass is 9.89. The third-order valence-corrected chi connectivity index (χ3v) is 4.12. The Hall–Kier alpha value is -0.0800. The molecule has 0 aromatic carbocycles. The number of hydrogen-bond donors (Lipinski definition) is 1. The first-order valence-corrected chi connectivity index (χ1v) is 6.07. The van der Waals surface area contributed by atoms with Crippen LogP contribution in [0.5, 0.6) is 0 Å². The van der Waals surface area contributed by atoms with Crippen LogP contribution in [-0.2, 0) is 4.74 Å². The largest absolute Gasteiger partial charge is 0.377 e. The Morgan fingerprint density at radius 3 is 2.50 bits per heavy atom. The van der Waals surface area contributed by atoms with Crippen LogP contribution >= 0.6 is 0 Å². The van der Waals surface area contributed by atoms with Crippen LogP contribution in [0.1, 0.15) is 51.4 Å². The predicted octanol–water partition coefficient (Wildman–Crippen LogP) is 2.46. The summed E-state index contributed by atoms with van der Waals surface area (Å²) in [7, 11) is 1.84. The molecule has 14 heavy (non-hydrogen) atoms. The van der Waals surface area contributed by atoms with Gasteiger partial charge in [-0.2, -0.15) is 0 Å². The molecule has 2 N–H and O–H groups in total. The fraction of sp³-hybridized carbons (Fsp3) is 1.00. The monoisotopic (exact) mass is 197 g/mol. The maximum absolute atomic E-state index is 6.28. The molecule has 1 atom stereocenters. The number of rotatable bonds is 5. The zero-order valence-corrected chi connectivity index (χ0v) is 9.30. The first-order valence-electron chi connectivity index (χ1n) is 6.07. The third kappa shape index (κ3) is 2.12. The predicted molar refractivity (Wildman–Crippen MR) is 58.1 cm³/mol. The van der Waals surface area contributed by atoms with Gasteiger partial charge < -0.3 is 10.5 Å². The summed E-state index contributed by atoms with van der Waals surface area (Å²) >= 11 is 0. The summed E-state index contributed by atoms with van der Waals surface area (Å²) in [6.45, 7) is 0. The van der Waals surface area contributed by atoms with E-state index in [2.05, 4.69) is 0 Å². The Bertz CT molecular complexity index is 183. The number of nitrogens with two attached hydrogens (primary N) is 1. The summed E-state index contributed by atoms with van der Waals surface area (Å²) < 4.78 is 5.69. The van der Waals surface area contributed by atoms with E-state index in [0.717, 1.165) is 5.92 Å². The van der Waals surface area contributed by atoms with Crippen molar-refractivity contribution in [2.45, 2.75) is 63.0 Å². The maximum Gasteiger partial charge on any atom is 0.0828 e. The molecule has 1 unspecified atom stereocenters. The van der Waals surface area contributed by atoms with Gasteiger partial charge in [0.1, 0.15) is 0 Å². The first kappa shape index (κ1) is 10.4. The van der Waals surface area contributed by atoms with Crippen molar-refractivity contribution < 1.29 is 4.74 Å². The molecule has 0 radical (unpaired) electrons. The van der Waals surface area contributed by atoms with Gasteiger partial charge in [-0.15, -0.1) is 0 Å². The quantitative estimate of drug-likeness (QED) is 0.735. The van der Waals surface area contributed by atoms with Crippen LogP contribution in [0.2, 0.25) is 0 Å². The van der Waals surface area contributed by atoms with E-state index >= 15 is 0 Å². The van der Waals surface area contributed by atoms with Gasteiger partial charge in [0.2, 0.25) is 0 Å². The van der Waals surface area contributed by atoms with Crippen LogP contribution in [0.15, 0.2) is 0 Å². The van der Waals surface area contributed by atoms with Crippen molar-refractivity contribution in [1.82, 2.24) is 0 Å². The first-order chi connectivity index (χ1) is 6.77. The van der Waals surface area contributed by atoms with E-state index in [-0.39, 0.29) is 11.6 Å². The Morgan fingerprint density at radius 2 is 2.00 bits per heavy atom. The SMILES string of the molecule is COC1(C(N)CCC2CC2)CCCC1. The van der Waals surface area contributed by atoms with Crippen LogP contribution < -0.4 is 5.73 Å². The molecule has 2 aliphatic carbocycles. The summed E-state index contributed by atoms with van der Waals surface area (Å²) in [5, 5.41) is 0. The van der Waals surface area contributed by atoms with Gasteiger partial charge in [-0.25, -0.2) is 0 Å². The van der Waals surface area contributed by atoms with Crippen molar-refractivity contribution in [3.8, 4) is 0 Å². The smallest absolute Gasteiger partial charge is 0.0828 e. The number of ether oxygens (including phenoxy) is 1. The molecule has 82 valence electrons. The van der Waals surface area contributed by atoms with E-state index in [0.29, 0.717) is 0 Å². The summed E-state index contributed by atoms with van der Waals surface area (Å²) in [5.74, 6) is 0.997. The van der Waals surface area contributed by atoms with E-state index < -0.39 is 0 Å². The van der Waals surface area contributed by atoms with Crippen molar-refractivity contribution >= 4 is 0 Å². The van der Waals surface area contributed by atoms with E-state index in [9.17, 15) is 0 Å². The van der Waals surface area contributed by atoms with E-state index in [1.54, 1.807) is 0 Å². The van der Waals surface area contributed by atoms with Gasteiger partial charge in [-0.05, 0) is 31.6 Å². The average molecular weight is 197 g/mol. The second-order valence-electron chi connectivity index (χ2n) is 5.10. The lowest BCUT2D eigenvalue weighted by Gasteiger charge is -2.34. The zero-order chi connectivity index (χ0) is 10.0. The Kier molecular flexibility index (Phi) is 3.13. The van der Waals surface area contributed by atoms with Gasteiger partial charge in [0.05, 0.1) is 5.60 Å². The van der Waals surface area contributed by atoms with Crippen LogP contribution in [0.4, 0.5) is 0 Å². The lowest BCUT2D eigenvalue weighted by molar-refractivity contribution is -0.0281. The van der Waals surface area contributed by atoms with Gasteiger partial charge >= 0.3 is 0 Å². The molecule has 2 aliphatic rings. The highest BCUT2D eigenvalue weighted by Gasteiger charge is 2.39. The molecule has 2 nitrogen and oxygen atoms in total. The van der Waals surface area contributed by atoms with Gasteiger partial charge in [-0.3, -0.25) is 0 Å². The standard InChI is InChI=1S/C12H23NO/c1-14-12(8-2-3-9-12)11(13)7-6-10-4-5-10/h10-11H,2-9,13H2,1H3. The molecule has 0 aromatic heterocycles. The minimum Gasteiger partial charge on any atom is -0.377 e. The minimum absolute atomic E-state index is 0.0366. The van der Waals surface area contributed by atoms with Gasteiger partial charge in [-0.1, -0.05) is 25.7 Å². The van der Waals surface area contributed by atoms with Crippen molar-refractivity contribution in [1.29, 1.82) is 0 Å². The highest BCUT2D eigenvalue weighted by atomic mass is 16.5. The number of hydrogen-bond acceptors (Lipinski definition) is 2. The molecule has 2 heteroatoms. The molecule has 0 amide bonds. The van der Waals surface area contributed by atoms with Crippen molar-refractivity contribution in [3.05, 3.63) is 0 Å².